The molecule has 4 N–H and O–H groups in total. The Bertz CT molecular complexity index is 572. The highest BCUT2D eigenvalue weighted by Crippen LogP contribution is 2.14. The molecule has 0 bridgehead atoms. The van der Waals surface area contributed by atoms with E-state index in [1.54, 1.807) is 6.07 Å². The molecule has 6 nitrogen and oxygen atoms in total. The van der Waals surface area contributed by atoms with E-state index in [1.807, 2.05) is 24.3 Å². The first-order chi connectivity index (χ1) is 9.11. The molecule has 6 heteroatoms. The smallest absolute Gasteiger partial charge is 0.326 e. The Morgan fingerprint density at radius 2 is 2.05 bits per heavy atom. The lowest BCUT2D eigenvalue weighted by molar-refractivity contribution is -0.139. The first-order valence-electron chi connectivity index (χ1n) is 5.84. The molecule has 0 aliphatic heterocycles. The quantitative estimate of drug-likeness (QED) is 0.638. The van der Waals surface area contributed by atoms with Gasteiger partial charge >= 0.3 is 5.97 Å². The highest BCUT2D eigenvalue weighted by atomic mass is 16.4. The van der Waals surface area contributed by atoms with Gasteiger partial charge in [0.05, 0.1) is 0 Å². The van der Waals surface area contributed by atoms with Crippen LogP contribution >= 0.6 is 0 Å². The van der Waals surface area contributed by atoms with E-state index in [9.17, 15) is 9.59 Å². The molecule has 0 aliphatic carbocycles. The van der Waals surface area contributed by atoms with Gasteiger partial charge in [-0.15, -0.1) is 0 Å². The standard InChI is InChI=1S/C13H14N2O4/c16-6-5-10(13(18)19)15-12(17)11-7-8-3-1-2-4-9(8)14-11/h1-4,7,10,14,16H,5-6H2,(H,15,17)(H,18,19)/t10-/m0/s1. The molecular weight excluding hydrogens is 248 g/mol. The zero-order chi connectivity index (χ0) is 13.8. The molecular formula is C13H14N2O4. The van der Waals surface area contributed by atoms with Crippen LogP contribution in [-0.4, -0.2) is 39.7 Å². The van der Waals surface area contributed by atoms with Crippen molar-refractivity contribution in [1.29, 1.82) is 0 Å². The van der Waals surface area contributed by atoms with Gasteiger partial charge in [0, 0.05) is 23.9 Å². The zero-order valence-electron chi connectivity index (χ0n) is 10.1. The number of carboxylic acid groups (broad SMARTS) is 1. The molecule has 1 aromatic carbocycles. The lowest BCUT2D eigenvalue weighted by Gasteiger charge is -2.12. The van der Waals surface area contributed by atoms with Crippen LogP contribution < -0.4 is 5.32 Å². The number of para-hydroxylation sites is 1. The van der Waals surface area contributed by atoms with Crippen LogP contribution in [0, 0.1) is 0 Å². The van der Waals surface area contributed by atoms with Gasteiger partial charge in [-0.05, 0) is 12.1 Å². The molecule has 0 aliphatic rings. The largest absolute Gasteiger partial charge is 0.480 e. The van der Waals surface area contributed by atoms with Gasteiger partial charge in [-0.1, -0.05) is 18.2 Å². The number of hydrogen-bond acceptors (Lipinski definition) is 3. The predicted molar refractivity (Wildman–Crippen MR) is 68.9 cm³/mol. The molecule has 1 amide bonds. The normalized spacial score (nSPS) is 12.3. The summed E-state index contributed by atoms with van der Waals surface area (Å²) in [6.45, 7) is -0.302. The second-order valence-electron chi connectivity index (χ2n) is 4.15. The maximum atomic E-state index is 11.9. The number of fused-ring (bicyclic) bond motifs is 1. The number of aromatic nitrogens is 1. The number of rotatable bonds is 5. The molecule has 1 aromatic heterocycles. The van der Waals surface area contributed by atoms with Crippen LogP contribution in [0.1, 0.15) is 16.9 Å². The second-order valence-corrected chi connectivity index (χ2v) is 4.15. The topological polar surface area (TPSA) is 102 Å². The van der Waals surface area contributed by atoms with Crippen LogP contribution in [0.2, 0.25) is 0 Å². The van der Waals surface area contributed by atoms with Gasteiger partial charge in [0.2, 0.25) is 0 Å². The average molecular weight is 262 g/mol. The van der Waals surface area contributed by atoms with Gasteiger partial charge in [-0.25, -0.2) is 4.79 Å². The number of nitrogens with one attached hydrogen (secondary N) is 2. The zero-order valence-corrected chi connectivity index (χ0v) is 10.1. The Labute approximate surface area is 109 Å². The van der Waals surface area contributed by atoms with Crippen molar-refractivity contribution in [1.82, 2.24) is 10.3 Å². The van der Waals surface area contributed by atoms with Crippen LogP contribution in [0.5, 0.6) is 0 Å². The van der Waals surface area contributed by atoms with Gasteiger partial charge < -0.3 is 20.5 Å². The van der Waals surface area contributed by atoms with E-state index >= 15 is 0 Å². The fourth-order valence-corrected chi connectivity index (χ4v) is 1.82. The molecule has 0 radical (unpaired) electrons. The number of carbonyl (C=O) groups excluding carboxylic acids is 1. The van der Waals surface area contributed by atoms with E-state index in [-0.39, 0.29) is 13.0 Å². The number of aliphatic hydroxyl groups excluding tert-OH is 1. The molecule has 2 aromatic rings. The third kappa shape index (κ3) is 2.92. The first-order valence-corrected chi connectivity index (χ1v) is 5.84. The summed E-state index contributed by atoms with van der Waals surface area (Å²) in [5, 5.41) is 20.9. The minimum absolute atomic E-state index is 0.0265. The van der Waals surface area contributed by atoms with E-state index in [4.69, 9.17) is 10.2 Å². The monoisotopic (exact) mass is 262 g/mol. The Kier molecular flexibility index (Phi) is 3.82. The summed E-state index contributed by atoms with van der Waals surface area (Å²) in [6.07, 6.45) is -0.0265. The second kappa shape index (κ2) is 5.53. The summed E-state index contributed by atoms with van der Waals surface area (Å²) >= 11 is 0. The lowest BCUT2D eigenvalue weighted by atomic mass is 10.2. The van der Waals surface area contributed by atoms with Crippen molar-refractivity contribution in [3.05, 3.63) is 36.0 Å². The summed E-state index contributed by atoms with van der Waals surface area (Å²) < 4.78 is 0. The van der Waals surface area contributed by atoms with Gasteiger partial charge in [0.25, 0.3) is 5.91 Å². The van der Waals surface area contributed by atoms with Crippen LogP contribution in [-0.2, 0) is 4.79 Å². The number of aliphatic carboxylic acids is 1. The van der Waals surface area contributed by atoms with Crippen molar-refractivity contribution in [2.75, 3.05) is 6.61 Å². The summed E-state index contributed by atoms with van der Waals surface area (Å²) in [5.41, 5.74) is 1.10. The first kappa shape index (κ1) is 13.1. The van der Waals surface area contributed by atoms with Crippen LogP contribution in [0.3, 0.4) is 0 Å². The fraction of sp³-hybridized carbons (Fsp3) is 0.231. The van der Waals surface area contributed by atoms with Crippen molar-refractivity contribution < 1.29 is 19.8 Å². The molecule has 100 valence electrons. The predicted octanol–water partition coefficient (Wildman–Crippen LogP) is 0.733. The molecule has 1 heterocycles. The summed E-state index contributed by atoms with van der Waals surface area (Å²) in [6, 6.07) is 7.93. The minimum atomic E-state index is -1.17. The van der Waals surface area contributed by atoms with Crippen LogP contribution in [0.25, 0.3) is 10.9 Å². The van der Waals surface area contributed by atoms with E-state index in [0.29, 0.717) is 5.69 Å². The van der Waals surface area contributed by atoms with Gasteiger partial charge in [-0.3, -0.25) is 4.79 Å². The molecule has 2 rings (SSSR count). The van der Waals surface area contributed by atoms with E-state index in [0.717, 1.165) is 10.9 Å². The maximum Gasteiger partial charge on any atom is 0.326 e. The lowest BCUT2D eigenvalue weighted by Crippen LogP contribution is -2.41. The van der Waals surface area contributed by atoms with Crippen molar-refractivity contribution >= 4 is 22.8 Å². The maximum absolute atomic E-state index is 11.9. The Hall–Kier alpha value is -2.34. The number of hydrogen-bond donors (Lipinski definition) is 4. The van der Waals surface area contributed by atoms with Crippen LogP contribution in [0.15, 0.2) is 30.3 Å². The third-order valence-corrected chi connectivity index (χ3v) is 2.80. The SMILES string of the molecule is O=C(N[C@@H](CCO)C(=O)O)c1cc2ccccc2[nH]1. The van der Waals surface area contributed by atoms with E-state index in [2.05, 4.69) is 10.3 Å². The third-order valence-electron chi connectivity index (χ3n) is 2.80. The summed E-state index contributed by atoms with van der Waals surface area (Å²) in [5.74, 6) is -1.67. The van der Waals surface area contributed by atoms with Crippen LogP contribution in [0.4, 0.5) is 0 Å². The van der Waals surface area contributed by atoms with E-state index in [1.165, 1.54) is 0 Å². The Morgan fingerprint density at radius 1 is 1.32 bits per heavy atom. The van der Waals surface area contributed by atoms with Gasteiger partial charge in [0.15, 0.2) is 0 Å². The molecule has 0 unspecified atom stereocenters. The molecule has 0 saturated carbocycles. The van der Waals surface area contributed by atoms with Gasteiger partial charge in [-0.2, -0.15) is 0 Å². The highest BCUT2D eigenvalue weighted by molar-refractivity contribution is 5.99. The molecule has 0 spiro atoms. The number of carboxylic acids is 1. The van der Waals surface area contributed by atoms with Gasteiger partial charge in [0.1, 0.15) is 11.7 Å². The van der Waals surface area contributed by atoms with Crippen molar-refractivity contribution in [2.24, 2.45) is 0 Å². The number of carbonyl (C=O) groups is 2. The fourth-order valence-electron chi connectivity index (χ4n) is 1.82. The Balaban J connectivity index is 2.16. The van der Waals surface area contributed by atoms with Crippen molar-refractivity contribution in [3.8, 4) is 0 Å². The molecule has 1 atom stereocenters. The molecule has 0 fully saturated rings. The summed E-state index contributed by atoms with van der Waals surface area (Å²) in [4.78, 5) is 25.7. The molecule has 0 saturated heterocycles. The van der Waals surface area contributed by atoms with Crippen molar-refractivity contribution in [3.63, 3.8) is 0 Å². The van der Waals surface area contributed by atoms with Crippen molar-refractivity contribution in [2.45, 2.75) is 12.5 Å². The number of H-pyrrole nitrogens is 1. The highest BCUT2D eigenvalue weighted by Gasteiger charge is 2.20. The van der Waals surface area contributed by atoms with E-state index < -0.39 is 17.9 Å². The molecule has 19 heavy (non-hydrogen) atoms. The minimum Gasteiger partial charge on any atom is -0.480 e. The average Bonchev–Trinajstić information content (AvgIpc) is 2.81. The number of aromatic amines is 1. The summed E-state index contributed by atoms with van der Waals surface area (Å²) in [7, 11) is 0. The number of amides is 1. The number of aliphatic hydroxyl groups is 1. The number of benzene rings is 1. The Morgan fingerprint density at radius 3 is 2.68 bits per heavy atom.